The molecule has 1 aliphatic heterocycles. The summed E-state index contributed by atoms with van der Waals surface area (Å²) in [6.07, 6.45) is 0. The van der Waals surface area contributed by atoms with Crippen LogP contribution in [0.3, 0.4) is 0 Å². The number of rotatable bonds is 4. The summed E-state index contributed by atoms with van der Waals surface area (Å²) in [4.78, 5) is 25.5. The van der Waals surface area contributed by atoms with Crippen molar-refractivity contribution < 1.29 is 14.7 Å². The SMILES string of the molecule is Cc1ccc(SCC(=O)N2CSCC2C(=O)O)cc1. The molecule has 1 saturated heterocycles. The van der Waals surface area contributed by atoms with Gasteiger partial charge in [0.15, 0.2) is 0 Å². The van der Waals surface area contributed by atoms with Gasteiger partial charge in [-0.3, -0.25) is 4.79 Å². The molecule has 102 valence electrons. The van der Waals surface area contributed by atoms with Crippen LogP contribution in [-0.4, -0.2) is 45.3 Å². The van der Waals surface area contributed by atoms with Gasteiger partial charge in [0.25, 0.3) is 0 Å². The maximum absolute atomic E-state index is 12.0. The van der Waals surface area contributed by atoms with E-state index < -0.39 is 12.0 Å². The minimum atomic E-state index is -0.918. The first-order chi connectivity index (χ1) is 9.08. The molecule has 1 amide bonds. The zero-order valence-electron chi connectivity index (χ0n) is 10.5. The fourth-order valence-electron chi connectivity index (χ4n) is 1.76. The maximum atomic E-state index is 12.0. The second-order valence-electron chi connectivity index (χ2n) is 4.32. The number of amides is 1. The number of hydrogen-bond donors (Lipinski definition) is 1. The van der Waals surface area contributed by atoms with E-state index in [0.29, 0.717) is 11.6 Å². The number of carboxylic acid groups (broad SMARTS) is 1. The van der Waals surface area contributed by atoms with E-state index in [-0.39, 0.29) is 11.7 Å². The Hall–Kier alpha value is -1.14. The lowest BCUT2D eigenvalue weighted by Gasteiger charge is -2.20. The van der Waals surface area contributed by atoms with E-state index in [2.05, 4.69) is 0 Å². The molecular formula is C13H15NO3S2. The highest BCUT2D eigenvalue weighted by Crippen LogP contribution is 2.24. The third kappa shape index (κ3) is 3.67. The van der Waals surface area contributed by atoms with Crippen molar-refractivity contribution in [1.82, 2.24) is 4.90 Å². The van der Waals surface area contributed by atoms with Gasteiger partial charge in [0.2, 0.25) is 5.91 Å². The number of carbonyl (C=O) groups excluding carboxylic acids is 1. The Morgan fingerprint density at radius 2 is 2.11 bits per heavy atom. The Morgan fingerprint density at radius 1 is 1.42 bits per heavy atom. The van der Waals surface area contributed by atoms with Crippen molar-refractivity contribution in [2.45, 2.75) is 17.9 Å². The fourth-order valence-corrected chi connectivity index (χ4v) is 3.71. The van der Waals surface area contributed by atoms with Gasteiger partial charge in [-0.1, -0.05) is 17.7 Å². The van der Waals surface area contributed by atoms with Gasteiger partial charge in [-0.25, -0.2) is 4.79 Å². The molecule has 1 fully saturated rings. The molecule has 0 bridgehead atoms. The normalized spacial score (nSPS) is 18.6. The van der Waals surface area contributed by atoms with Crippen LogP contribution in [0.2, 0.25) is 0 Å². The molecule has 1 unspecified atom stereocenters. The highest BCUT2D eigenvalue weighted by Gasteiger charge is 2.34. The van der Waals surface area contributed by atoms with Crippen LogP contribution in [0.15, 0.2) is 29.2 Å². The number of nitrogens with zero attached hydrogens (tertiary/aromatic N) is 1. The summed E-state index contributed by atoms with van der Waals surface area (Å²) >= 11 is 2.93. The lowest BCUT2D eigenvalue weighted by atomic mass is 10.2. The van der Waals surface area contributed by atoms with Crippen LogP contribution < -0.4 is 0 Å². The maximum Gasteiger partial charge on any atom is 0.327 e. The lowest BCUT2D eigenvalue weighted by Crippen LogP contribution is -2.42. The molecule has 0 aliphatic carbocycles. The van der Waals surface area contributed by atoms with Crippen LogP contribution in [0.25, 0.3) is 0 Å². The number of carbonyl (C=O) groups is 2. The topological polar surface area (TPSA) is 57.6 Å². The molecule has 6 heteroatoms. The molecule has 0 spiro atoms. The molecule has 1 aromatic rings. The largest absolute Gasteiger partial charge is 0.480 e. The van der Waals surface area contributed by atoms with Crippen LogP contribution in [0.1, 0.15) is 5.56 Å². The van der Waals surface area contributed by atoms with E-state index in [1.165, 1.54) is 34.0 Å². The van der Waals surface area contributed by atoms with Crippen molar-refractivity contribution in [3.05, 3.63) is 29.8 Å². The molecule has 0 aromatic heterocycles. The summed E-state index contributed by atoms with van der Waals surface area (Å²) in [5.74, 6) is 0.218. The highest BCUT2D eigenvalue weighted by molar-refractivity contribution is 8.00. The quantitative estimate of drug-likeness (QED) is 0.862. The van der Waals surface area contributed by atoms with Crippen molar-refractivity contribution >= 4 is 35.4 Å². The number of aliphatic carboxylic acids is 1. The molecule has 2 rings (SSSR count). The highest BCUT2D eigenvalue weighted by atomic mass is 32.2. The van der Waals surface area contributed by atoms with Crippen LogP contribution in [-0.2, 0) is 9.59 Å². The zero-order chi connectivity index (χ0) is 13.8. The molecule has 0 radical (unpaired) electrons. The first-order valence-electron chi connectivity index (χ1n) is 5.87. The third-order valence-corrected chi connectivity index (χ3v) is 4.88. The first-order valence-corrected chi connectivity index (χ1v) is 8.01. The minimum absolute atomic E-state index is 0.108. The van der Waals surface area contributed by atoms with Gasteiger partial charge in [-0.15, -0.1) is 23.5 Å². The van der Waals surface area contributed by atoms with Gasteiger partial charge < -0.3 is 10.0 Å². The second kappa shape index (κ2) is 6.34. The van der Waals surface area contributed by atoms with Crippen molar-refractivity contribution in [2.75, 3.05) is 17.4 Å². The number of hydrogen-bond acceptors (Lipinski definition) is 4. The molecule has 1 atom stereocenters. The molecule has 19 heavy (non-hydrogen) atoms. The average molecular weight is 297 g/mol. The Labute approximate surface area is 120 Å². The Morgan fingerprint density at radius 3 is 2.74 bits per heavy atom. The Bertz CT molecular complexity index is 475. The molecular weight excluding hydrogens is 282 g/mol. The lowest BCUT2D eigenvalue weighted by molar-refractivity contribution is -0.146. The summed E-state index contributed by atoms with van der Waals surface area (Å²) in [5.41, 5.74) is 1.18. The van der Waals surface area contributed by atoms with E-state index in [9.17, 15) is 9.59 Å². The van der Waals surface area contributed by atoms with E-state index >= 15 is 0 Å². The molecule has 4 nitrogen and oxygen atoms in total. The van der Waals surface area contributed by atoms with Crippen molar-refractivity contribution in [3.63, 3.8) is 0 Å². The van der Waals surface area contributed by atoms with Crippen molar-refractivity contribution in [3.8, 4) is 0 Å². The molecule has 1 heterocycles. The Kier molecular flexibility index (Phi) is 4.76. The van der Waals surface area contributed by atoms with Crippen LogP contribution in [0.4, 0.5) is 0 Å². The second-order valence-corrected chi connectivity index (χ2v) is 6.37. The number of aryl methyl sites for hydroxylation is 1. The Balaban J connectivity index is 1.90. The summed E-state index contributed by atoms with van der Waals surface area (Å²) in [7, 11) is 0. The zero-order valence-corrected chi connectivity index (χ0v) is 12.2. The van der Waals surface area contributed by atoms with Crippen LogP contribution in [0.5, 0.6) is 0 Å². The van der Waals surface area contributed by atoms with E-state index in [1.54, 1.807) is 0 Å². The van der Waals surface area contributed by atoms with E-state index in [4.69, 9.17) is 5.11 Å². The number of thioether (sulfide) groups is 2. The van der Waals surface area contributed by atoms with Crippen molar-refractivity contribution in [2.24, 2.45) is 0 Å². The van der Waals surface area contributed by atoms with Crippen LogP contribution >= 0.6 is 23.5 Å². The summed E-state index contributed by atoms with van der Waals surface area (Å²) in [5, 5.41) is 9.03. The summed E-state index contributed by atoms with van der Waals surface area (Å²) in [6.45, 7) is 2.01. The first kappa shape index (κ1) is 14.3. The standard InChI is InChI=1S/C13H15NO3S2/c1-9-2-4-10(5-3-9)19-7-12(15)14-8-18-6-11(14)13(16)17/h2-5,11H,6-8H2,1H3,(H,16,17). The minimum Gasteiger partial charge on any atom is -0.480 e. The smallest absolute Gasteiger partial charge is 0.327 e. The van der Waals surface area contributed by atoms with Crippen molar-refractivity contribution in [1.29, 1.82) is 0 Å². The van der Waals surface area contributed by atoms with Gasteiger partial charge in [0, 0.05) is 10.6 Å². The van der Waals surface area contributed by atoms with Gasteiger partial charge in [0.05, 0.1) is 11.6 Å². The number of benzene rings is 1. The van der Waals surface area contributed by atoms with Gasteiger partial charge in [-0.2, -0.15) is 0 Å². The molecule has 0 saturated carbocycles. The average Bonchev–Trinajstić information content (AvgIpc) is 2.87. The van der Waals surface area contributed by atoms with Gasteiger partial charge >= 0.3 is 5.97 Å². The van der Waals surface area contributed by atoms with Gasteiger partial charge in [0.1, 0.15) is 6.04 Å². The predicted octanol–water partition coefficient (Wildman–Crippen LogP) is 2.07. The molecule has 1 N–H and O–H groups in total. The monoisotopic (exact) mass is 297 g/mol. The van der Waals surface area contributed by atoms with Gasteiger partial charge in [-0.05, 0) is 19.1 Å². The predicted molar refractivity (Wildman–Crippen MR) is 77.5 cm³/mol. The van der Waals surface area contributed by atoms with Crippen LogP contribution in [0, 0.1) is 6.92 Å². The van der Waals surface area contributed by atoms with E-state index in [0.717, 1.165) is 4.90 Å². The fraction of sp³-hybridized carbons (Fsp3) is 0.385. The van der Waals surface area contributed by atoms with E-state index in [1.807, 2.05) is 31.2 Å². The molecule has 1 aromatic carbocycles. The molecule has 1 aliphatic rings. The summed E-state index contributed by atoms with van der Waals surface area (Å²) < 4.78 is 0. The number of carboxylic acids is 1. The third-order valence-electron chi connectivity index (χ3n) is 2.87. The summed E-state index contributed by atoms with van der Waals surface area (Å²) in [6, 6.07) is 7.27.